The van der Waals surface area contributed by atoms with E-state index in [4.69, 9.17) is 23.2 Å². The Balaban J connectivity index is 5.06. The Morgan fingerprint density at radius 3 is 1.47 bits per heavy atom. The number of hydrogen-bond acceptors (Lipinski definition) is 1. The van der Waals surface area contributed by atoms with Gasteiger partial charge in [-0.05, 0) is 0 Å². The highest BCUT2D eigenvalue weighted by molar-refractivity contribution is 6.27. The summed E-state index contributed by atoms with van der Waals surface area (Å²) in [6.07, 6.45) is -12.6. The Hall–Kier alpha value is 0.0500. The molecule has 0 bridgehead atoms. The third kappa shape index (κ3) is 3.25. The van der Waals surface area contributed by atoms with Crippen LogP contribution in [0.15, 0.2) is 0 Å². The van der Waals surface area contributed by atoms with Gasteiger partial charge in [0.1, 0.15) is 5.56 Å². The van der Waals surface area contributed by atoms with E-state index in [2.05, 4.69) is 4.74 Å². The first-order valence-corrected chi connectivity index (χ1v) is 4.13. The molecule has 0 radical (unpaired) electrons. The minimum absolute atomic E-state index is 0.931. The van der Waals surface area contributed by atoms with Crippen LogP contribution in [0.25, 0.3) is 0 Å². The zero-order valence-corrected chi connectivity index (χ0v) is 8.11. The van der Waals surface area contributed by atoms with Gasteiger partial charge >= 0.3 is 18.2 Å². The third-order valence-electron chi connectivity index (χ3n) is 1.14. The minimum Gasteiger partial charge on any atom is -0.311 e. The summed E-state index contributed by atoms with van der Waals surface area (Å²) in [5.41, 5.74) is -2.25. The molecule has 0 fully saturated rings. The zero-order chi connectivity index (χ0) is 12.5. The van der Waals surface area contributed by atoms with E-state index in [9.17, 15) is 30.7 Å². The van der Waals surface area contributed by atoms with Crippen molar-refractivity contribution in [2.24, 2.45) is 0 Å². The molecule has 0 N–H and O–H groups in total. The summed E-state index contributed by atoms with van der Waals surface area (Å²) in [7, 11) is 0. The second-order valence-electron chi connectivity index (χ2n) is 2.27. The van der Waals surface area contributed by atoms with E-state index in [-0.39, 0.29) is 0 Å². The topological polar surface area (TPSA) is 9.23 Å². The van der Waals surface area contributed by atoms with Crippen molar-refractivity contribution < 1.29 is 35.5 Å². The highest BCUT2D eigenvalue weighted by Gasteiger charge is 2.75. The van der Waals surface area contributed by atoms with Crippen molar-refractivity contribution in [3.8, 4) is 0 Å². The maximum Gasteiger partial charge on any atom is 0.458 e. The molecule has 0 spiro atoms. The van der Waals surface area contributed by atoms with Crippen LogP contribution in [0, 0.1) is 0 Å². The molecule has 1 nitrogen and oxygen atoms in total. The predicted octanol–water partition coefficient (Wildman–Crippen LogP) is 3.60. The molecule has 0 saturated carbocycles. The van der Waals surface area contributed by atoms with Crippen molar-refractivity contribution in [1.82, 2.24) is 0 Å². The van der Waals surface area contributed by atoms with E-state index in [1.54, 1.807) is 0 Å². The lowest BCUT2D eigenvalue weighted by molar-refractivity contribution is -0.432. The molecule has 0 aliphatic heterocycles. The first kappa shape index (κ1) is 15.0. The van der Waals surface area contributed by atoms with Crippen molar-refractivity contribution in [3.63, 3.8) is 0 Å². The summed E-state index contributed by atoms with van der Waals surface area (Å²) < 4.78 is 86.3. The van der Waals surface area contributed by atoms with Crippen molar-refractivity contribution in [3.05, 3.63) is 0 Å². The summed E-state index contributed by atoms with van der Waals surface area (Å²) in [4.78, 5) is 0. The van der Waals surface area contributed by atoms with Gasteiger partial charge in [0.05, 0.1) is 5.88 Å². The van der Waals surface area contributed by atoms with Gasteiger partial charge in [-0.3, -0.25) is 0 Å². The molecule has 15 heavy (non-hydrogen) atoms. The Morgan fingerprint density at radius 2 is 1.27 bits per heavy atom. The normalized spacial score (nSPS) is 16.6. The number of ether oxygens (including phenoxy) is 1. The summed E-state index contributed by atoms with van der Waals surface area (Å²) in [5, 5.41) is 0. The lowest BCUT2D eigenvalue weighted by Gasteiger charge is -2.30. The van der Waals surface area contributed by atoms with Crippen LogP contribution < -0.4 is 0 Å². The SMILES string of the molecule is FC(F)(F)C(F)(OC(Cl)CCl)C(F)(F)F. The molecule has 0 aromatic carbocycles. The van der Waals surface area contributed by atoms with E-state index < -0.39 is 29.7 Å². The molecular formula is C5H3Cl2F7O. The first-order chi connectivity index (χ1) is 6.45. The monoisotopic (exact) mass is 282 g/mol. The zero-order valence-electron chi connectivity index (χ0n) is 6.59. The summed E-state index contributed by atoms with van der Waals surface area (Å²) in [6.45, 7) is 0. The van der Waals surface area contributed by atoms with Crippen LogP contribution in [0.5, 0.6) is 0 Å². The molecule has 0 heterocycles. The highest BCUT2D eigenvalue weighted by atomic mass is 35.5. The van der Waals surface area contributed by atoms with Crippen molar-refractivity contribution in [1.29, 1.82) is 0 Å². The fraction of sp³-hybridized carbons (Fsp3) is 1.00. The maximum absolute atomic E-state index is 12.6. The lowest BCUT2D eigenvalue weighted by atomic mass is 10.3. The van der Waals surface area contributed by atoms with E-state index in [1.807, 2.05) is 0 Å². The molecular weight excluding hydrogens is 280 g/mol. The van der Waals surface area contributed by atoms with E-state index in [0.29, 0.717) is 0 Å². The average Bonchev–Trinajstić information content (AvgIpc) is 1.99. The molecule has 1 atom stereocenters. The molecule has 92 valence electrons. The molecule has 0 aromatic heterocycles. The summed E-state index contributed by atoms with van der Waals surface area (Å²) in [6, 6.07) is 0. The van der Waals surface area contributed by atoms with E-state index in [1.165, 1.54) is 0 Å². The fourth-order valence-electron chi connectivity index (χ4n) is 0.502. The molecule has 0 rings (SSSR count). The molecule has 10 heteroatoms. The fourth-order valence-corrected chi connectivity index (χ4v) is 0.688. The number of hydrogen-bond donors (Lipinski definition) is 0. The molecule has 0 aromatic rings. The number of alkyl halides is 9. The molecule has 0 saturated heterocycles. The first-order valence-electron chi connectivity index (χ1n) is 3.16. The van der Waals surface area contributed by atoms with E-state index >= 15 is 0 Å². The minimum atomic E-state index is -6.29. The van der Waals surface area contributed by atoms with Crippen LogP contribution in [0.3, 0.4) is 0 Å². The van der Waals surface area contributed by atoms with E-state index in [0.717, 1.165) is 0 Å². The number of halogens is 9. The molecule has 0 aliphatic rings. The Kier molecular flexibility index (Phi) is 4.52. The van der Waals surface area contributed by atoms with Crippen LogP contribution in [-0.2, 0) is 4.74 Å². The Morgan fingerprint density at radius 1 is 0.933 bits per heavy atom. The van der Waals surface area contributed by atoms with Gasteiger partial charge in [0.25, 0.3) is 0 Å². The maximum atomic E-state index is 12.6. The lowest BCUT2D eigenvalue weighted by Crippen LogP contribution is -2.56. The van der Waals surface area contributed by atoms with Crippen LogP contribution in [0.1, 0.15) is 0 Å². The predicted molar refractivity (Wildman–Crippen MR) is 37.4 cm³/mol. The second kappa shape index (κ2) is 4.50. The van der Waals surface area contributed by atoms with Gasteiger partial charge < -0.3 is 4.74 Å². The Labute approximate surface area is 89.1 Å². The van der Waals surface area contributed by atoms with Gasteiger partial charge in [-0.25, -0.2) is 0 Å². The quantitative estimate of drug-likeness (QED) is 0.568. The van der Waals surface area contributed by atoms with Gasteiger partial charge in [0.2, 0.25) is 0 Å². The van der Waals surface area contributed by atoms with Gasteiger partial charge in [-0.2, -0.15) is 30.7 Å². The van der Waals surface area contributed by atoms with Gasteiger partial charge in [0, 0.05) is 0 Å². The van der Waals surface area contributed by atoms with Crippen LogP contribution >= 0.6 is 23.2 Å². The van der Waals surface area contributed by atoms with Crippen LogP contribution in [0.4, 0.5) is 30.7 Å². The van der Waals surface area contributed by atoms with Gasteiger partial charge in [-0.1, -0.05) is 11.6 Å². The summed E-state index contributed by atoms with van der Waals surface area (Å²) in [5.74, 6) is -6.75. The average molecular weight is 283 g/mol. The molecule has 0 aliphatic carbocycles. The van der Waals surface area contributed by atoms with Crippen molar-refractivity contribution in [2.45, 2.75) is 23.8 Å². The highest BCUT2D eigenvalue weighted by Crippen LogP contribution is 2.47. The van der Waals surface area contributed by atoms with Gasteiger partial charge in [0.15, 0.2) is 0 Å². The Bertz CT molecular complexity index is 198. The number of rotatable bonds is 3. The smallest absolute Gasteiger partial charge is 0.311 e. The summed E-state index contributed by atoms with van der Waals surface area (Å²) >= 11 is 9.57. The second-order valence-corrected chi connectivity index (χ2v) is 3.07. The third-order valence-corrected chi connectivity index (χ3v) is 1.82. The molecule has 0 amide bonds. The largest absolute Gasteiger partial charge is 0.458 e. The van der Waals surface area contributed by atoms with Crippen molar-refractivity contribution in [2.75, 3.05) is 5.88 Å². The van der Waals surface area contributed by atoms with Gasteiger partial charge in [-0.15, -0.1) is 11.6 Å². The molecule has 1 unspecified atom stereocenters. The van der Waals surface area contributed by atoms with Crippen LogP contribution in [0.2, 0.25) is 0 Å². The van der Waals surface area contributed by atoms with Crippen LogP contribution in [-0.4, -0.2) is 29.7 Å². The standard InChI is InChI=1S/C5H3Cl2F7O/c6-1-2(7)15-3(8,4(9,10)11)5(12,13)14/h2H,1H2. The van der Waals surface area contributed by atoms with Crippen molar-refractivity contribution >= 4 is 23.2 Å².